The Balaban J connectivity index is 1.46. The molecule has 1 aliphatic rings. The van der Waals surface area contributed by atoms with Crippen LogP contribution < -0.4 is 32.7 Å². The van der Waals surface area contributed by atoms with Gasteiger partial charge in [-0.1, -0.05) is 57.2 Å². The maximum atomic E-state index is 14.0. The Kier molecular flexibility index (Phi) is 12.0. The lowest BCUT2D eigenvalue weighted by atomic mass is 9.86. The molecule has 0 saturated heterocycles. The van der Waals surface area contributed by atoms with Gasteiger partial charge in [0.2, 0.25) is 23.6 Å². The monoisotopic (exact) mass is 748 g/mol. The summed E-state index contributed by atoms with van der Waals surface area (Å²) in [5.41, 5.74) is 17.4. The summed E-state index contributed by atoms with van der Waals surface area (Å²) in [6.07, 6.45) is 0.156. The van der Waals surface area contributed by atoms with Gasteiger partial charge in [-0.15, -0.1) is 0 Å². The number of aromatic nitrogens is 2. The minimum atomic E-state index is -1.06. The Labute approximate surface area is 319 Å². The molecule has 5 rings (SSSR count). The van der Waals surface area contributed by atoms with E-state index in [1.54, 1.807) is 57.2 Å². The van der Waals surface area contributed by atoms with Crippen molar-refractivity contribution in [2.24, 2.45) is 11.5 Å². The third kappa shape index (κ3) is 9.51. The number of carbonyl (C=O) groups is 5. The van der Waals surface area contributed by atoms with Crippen molar-refractivity contribution < 1.29 is 29.1 Å². The van der Waals surface area contributed by atoms with E-state index in [4.69, 9.17) is 11.5 Å². The number of anilines is 1. The molecule has 1 aromatic heterocycles. The molecule has 0 radical (unpaired) electrons. The molecule has 3 aromatic carbocycles. The molecule has 0 fully saturated rings. The predicted octanol–water partition coefficient (Wildman–Crippen LogP) is 3.01. The van der Waals surface area contributed by atoms with Crippen molar-refractivity contribution in [2.75, 3.05) is 18.4 Å². The molecular formula is C41H48N8O6. The van der Waals surface area contributed by atoms with Crippen LogP contribution in [0.3, 0.4) is 0 Å². The Bertz CT molecular complexity index is 2150. The standard InChI is InChI=1S/C41H48N8O6/c1-21-14-25-16-29(26-9-7-8-24(15-26)18-33(51)44-20-34(52)47-31(17-25)37(43)53)36(21)49-39(54)30(12-13-42)48-40(55)35-22(2)45-38(46-23(35)3)28-11-10-27(19-32(28)50)41(4,5)6/h7-11,14-16,19,30-31,50H,12-13,17-18,20,42H2,1-6H3,(H2,43,53)(H,44,51)(H,47,52)(H,48,55)(H,49,54)/t30-,31?/m0/s1. The fourth-order valence-electron chi connectivity index (χ4n) is 6.58. The Hall–Kier alpha value is -6.15. The number of nitrogens with zero attached hydrogens (tertiary/aromatic N) is 2. The highest BCUT2D eigenvalue weighted by Crippen LogP contribution is 2.35. The highest BCUT2D eigenvalue weighted by molar-refractivity contribution is 6.04. The molecule has 5 amide bonds. The van der Waals surface area contributed by atoms with Crippen molar-refractivity contribution in [1.82, 2.24) is 25.9 Å². The maximum Gasteiger partial charge on any atom is 0.255 e. The van der Waals surface area contributed by atoms with Crippen LogP contribution in [0.1, 0.15) is 71.2 Å². The van der Waals surface area contributed by atoms with Gasteiger partial charge in [-0.3, -0.25) is 24.0 Å². The van der Waals surface area contributed by atoms with Crippen LogP contribution in [0.15, 0.2) is 54.6 Å². The molecule has 14 nitrogen and oxygen atoms in total. The number of nitrogens with two attached hydrogens (primary N) is 2. The fourth-order valence-corrected chi connectivity index (χ4v) is 6.58. The SMILES string of the molecule is Cc1cc2cc(c1NC(=O)[C@H](CCN)NC(=O)c1c(C)nc(-c3ccc(C(C)(C)C)cc3O)nc1C)-c1cccc(c1)CC(=O)NCC(=O)NC(C(N)=O)C2. The number of aryl methyl sites for hydroxylation is 3. The molecule has 4 aromatic rings. The second-order valence-corrected chi connectivity index (χ2v) is 14.9. The van der Waals surface area contributed by atoms with E-state index < -0.39 is 41.6 Å². The fraction of sp³-hybridized carbons (Fsp3) is 0.341. The van der Waals surface area contributed by atoms with Crippen molar-refractivity contribution in [1.29, 1.82) is 0 Å². The molecular weight excluding hydrogens is 701 g/mol. The van der Waals surface area contributed by atoms with E-state index >= 15 is 0 Å². The summed E-state index contributed by atoms with van der Waals surface area (Å²) in [4.78, 5) is 74.5. The van der Waals surface area contributed by atoms with Gasteiger partial charge in [-0.05, 0) is 85.2 Å². The van der Waals surface area contributed by atoms with Crippen molar-refractivity contribution >= 4 is 35.2 Å². The third-order valence-electron chi connectivity index (χ3n) is 9.49. The molecule has 4 bridgehead atoms. The summed E-state index contributed by atoms with van der Waals surface area (Å²) in [6, 6.07) is 14.0. The lowest BCUT2D eigenvalue weighted by Crippen LogP contribution is -2.49. The zero-order valence-corrected chi connectivity index (χ0v) is 31.9. The van der Waals surface area contributed by atoms with Crippen LogP contribution in [-0.2, 0) is 37.4 Å². The first-order valence-electron chi connectivity index (χ1n) is 18.0. The second-order valence-electron chi connectivity index (χ2n) is 14.9. The van der Waals surface area contributed by atoms with Crippen LogP contribution >= 0.6 is 0 Å². The molecule has 0 spiro atoms. The molecule has 55 heavy (non-hydrogen) atoms. The molecule has 0 aliphatic carbocycles. The summed E-state index contributed by atoms with van der Waals surface area (Å²) in [5.74, 6) is -2.51. The van der Waals surface area contributed by atoms with Crippen molar-refractivity contribution in [3.8, 4) is 28.3 Å². The Morgan fingerprint density at radius 1 is 0.945 bits per heavy atom. The number of fused-ring (bicyclic) bond motifs is 5. The average Bonchev–Trinajstić information content (AvgIpc) is 3.10. The van der Waals surface area contributed by atoms with Crippen molar-refractivity contribution in [3.63, 3.8) is 0 Å². The summed E-state index contributed by atoms with van der Waals surface area (Å²) in [7, 11) is 0. The minimum absolute atomic E-state index is 0.0144. The van der Waals surface area contributed by atoms with E-state index in [2.05, 4.69) is 31.2 Å². The first kappa shape index (κ1) is 40.0. The van der Waals surface area contributed by atoms with Gasteiger partial charge in [-0.2, -0.15) is 0 Å². The first-order chi connectivity index (χ1) is 25.9. The number of nitrogens with one attached hydrogen (secondary N) is 4. The predicted molar refractivity (Wildman–Crippen MR) is 209 cm³/mol. The summed E-state index contributed by atoms with van der Waals surface area (Å²) < 4.78 is 0. The summed E-state index contributed by atoms with van der Waals surface area (Å²) >= 11 is 0. The molecule has 1 unspecified atom stereocenters. The number of phenols is 1. The van der Waals surface area contributed by atoms with Crippen molar-refractivity contribution in [3.05, 3.63) is 93.8 Å². The van der Waals surface area contributed by atoms with Crippen LogP contribution in [0.2, 0.25) is 0 Å². The number of phenolic OH excluding ortho intramolecular Hbond substituents is 1. The smallest absolute Gasteiger partial charge is 0.255 e. The molecule has 0 saturated carbocycles. The summed E-state index contributed by atoms with van der Waals surface area (Å²) in [5, 5.41) is 21.8. The number of primary amides is 1. The first-order valence-corrected chi connectivity index (χ1v) is 18.0. The van der Waals surface area contributed by atoms with Crippen molar-refractivity contribution in [2.45, 2.75) is 78.3 Å². The van der Waals surface area contributed by atoms with Gasteiger partial charge in [0.05, 0.1) is 41.2 Å². The van der Waals surface area contributed by atoms with E-state index in [0.717, 1.165) is 5.56 Å². The molecule has 288 valence electrons. The third-order valence-corrected chi connectivity index (χ3v) is 9.49. The van der Waals surface area contributed by atoms with E-state index in [-0.39, 0.29) is 54.9 Å². The largest absolute Gasteiger partial charge is 0.507 e. The van der Waals surface area contributed by atoms with Gasteiger partial charge in [0.1, 0.15) is 17.8 Å². The molecule has 1 aliphatic heterocycles. The van der Waals surface area contributed by atoms with Gasteiger partial charge in [0.15, 0.2) is 5.82 Å². The highest BCUT2D eigenvalue weighted by Gasteiger charge is 2.27. The van der Waals surface area contributed by atoms with Gasteiger partial charge in [0.25, 0.3) is 5.91 Å². The quantitative estimate of drug-likeness (QED) is 0.140. The number of carbonyl (C=O) groups excluding carboxylic acids is 5. The molecule has 14 heteroatoms. The average molecular weight is 749 g/mol. The number of hydrogen-bond acceptors (Lipinski definition) is 9. The molecule has 2 atom stereocenters. The zero-order valence-electron chi connectivity index (χ0n) is 31.9. The van der Waals surface area contributed by atoms with Crippen LogP contribution in [0.5, 0.6) is 5.75 Å². The topological polar surface area (TPSA) is 232 Å². The lowest BCUT2D eigenvalue weighted by Gasteiger charge is -2.23. The second kappa shape index (κ2) is 16.5. The van der Waals surface area contributed by atoms with Crippen LogP contribution in [-0.4, -0.2) is 69.8 Å². The van der Waals surface area contributed by atoms with Gasteiger partial charge < -0.3 is 37.8 Å². The normalized spacial score (nSPS) is 15.2. The van der Waals surface area contributed by atoms with E-state index in [1.807, 2.05) is 39.0 Å². The van der Waals surface area contributed by atoms with Gasteiger partial charge >= 0.3 is 0 Å². The number of aromatic hydroxyl groups is 1. The number of rotatable bonds is 8. The van der Waals surface area contributed by atoms with Crippen LogP contribution in [0, 0.1) is 20.8 Å². The number of amides is 5. The van der Waals surface area contributed by atoms with E-state index in [1.165, 1.54) is 0 Å². The van der Waals surface area contributed by atoms with Gasteiger partial charge in [0, 0.05) is 12.0 Å². The van der Waals surface area contributed by atoms with Crippen LogP contribution in [0.25, 0.3) is 22.5 Å². The minimum Gasteiger partial charge on any atom is -0.507 e. The molecule has 2 heterocycles. The van der Waals surface area contributed by atoms with Crippen LogP contribution in [0.4, 0.5) is 5.69 Å². The summed E-state index contributed by atoms with van der Waals surface area (Å²) in [6.45, 7) is 11.0. The number of benzene rings is 3. The van der Waals surface area contributed by atoms with E-state index in [9.17, 15) is 29.1 Å². The van der Waals surface area contributed by atoms with Gasteiger partial charge in [-0.25, -0.2) is 9.97 Å². The highest BCUT2D eigenvalue weighted by atomic mass is 16.3. The maximum absolute atomic E-state index is 14.0. The number of hydrogen-bond donors (Lipinski definition) is 7. The Morgan fingerprint density at radius 2 is 1.65 bits per heavy atom. The lowest BCUT2D eigenvalue weighted by molar-refractivity contribution is -0.128. The van der Waals surface area contributed by atoms with E-state index in [0.29, 0.717) is 50.5 Å². The Morgan fingerprint density at radius 3 is 2.29 bits per heavy atom. The zero-order chi connectivity index (χ0) is 40.2. The molecule has 9 N–H and O–H groups in total.